The standard InChI is InChI=1S/C20H18N2S/c1-3-15-9-7-8-12-17(15)19-14(2)22-13-18(21-20(22)23-19)16-10-5-4-6-11-16/h4-13H,3H2,1-2H3. The lowest BCUT2D eigenvalue weighted by atomic mass is 10.0. The summed E-state index contributed by atoms with van der Waals surface area (Å²) < 4.78 is 2.22. The van der Waals surface area contributed by atoms with Gasteiger partial charge in [-0.3, -0.25) is 4.40 Å². The zero-order valence-corrected chi connectivity index (χ0v) is 14.1. The maximum atomic E-state index is 4.83. The lowest BCUT2D eigenvalue weighted by Crippen LogP contribution is -1.88. The largest absolute Gasteiger partial charge is 0.294 e. The van der Waals surface area contributed by atoms with E-state index in [9.17, 15) is 0 Å². The number of rotatable bonds is 3. The van der Waals surface area contributed by atoms with Crippen LogP contribution < -0.4 is 0 Å². The molecule has 114 valence electrons. The van der Waals surface area contributed by atoms with Crippen LogP contribution in [-0.4, -0.2) is 9.38 Å². The first-order valence-corrected chi connectivity index (χ1v) is 8.71. The quantitative estimate of drug-likeness (QED) is 0.480. The molecule has 0 fully saturated rings. The van der Waals surface area contributed by atoms with E-state index in [-0.39, 0.29) is 0 Å². The van der Waals surface area contributed by atoms with Crippen LogP contribution >= 0.6 is 11.3 Å². The van der Waals surface area contributed by atoms with Crippen LogP contribution in [-0.2, 0) is 6.42 Å². The van der Waals surface area contributed by atoms with E-state index in [4.69, 9.17) is 4.98 Å². The maximum Gasteiger partial charge on any atom is 0.195 e. The van der Waals surface area contributed by atoms with Crippen molar-refractivity contribution in [3.05, 3.63) is 72.1 Å². The number of nitrogens with zero attached hydrogens (tertiary/aromatic N) is 2. The highest BCUT2D eigenvalue weighted by Crippen LogP contribution is 2.36. The second-order valence-corrected chi connectivity index (χ2v) is 6.65. The molecular weight excluding hydrogens is 300 g/mol. The Bertz CT molecular complexity index is 964. The van der Waals surface area contributed by atoms with Crippen molar-refractivity contribution in [2.75, 3.05) is 0 Å². The van der Waals surface area contributed by atoms with Crippen LogP contribution in [0.1, 0.15) is 18.2 Å². The van der Waals surface area contributed by atoms with E-state index in [1.54, 1.807) is 11.3 Å². The van der Waals surface area contributed by atoms with Crippen molar-refractivity contribution in [2.45, 2.75) is 20.3 Å². The Hall–Kier alpha value is -2.39. The van der Waals surface area contributed by atoms with Crippen LogP contribution in [0.25, 0.3) is 26.7 Å². The molecule has 0 saturated heterocycles. The Balaban J connectivity index is 1.85. The zero-order valence-electron chi connectivity index (χ0n) is 13.3. The van der Waals surface area contributed by atoms with Crippen molar-refractivity contribution in [2.24, 2.45) is 0 Å². The number of fused-ring (bicyclic) bond motifs is 1. The molecule has 0 bridgehead atoms. The number of imidazole rings is 1. The van der Waals surface area contributed by atoms with Gasteiger partial charge in [0.2, 0.25) is 0 Å². The van der Waals surface area contributed by atoms with Gasteiger partial charge in [-0.1, -0.05) is 72.9 Å². The van der Waals surface area contributed by atoms with E-state index in [1.165, 1.54) is 27.3 Å². The molecule has 0 spiro atoms. The Kier molecular flexibility index (Phi) is 3.50. The SMILES string of the molecule is CCc1ccccc1-c1sc2nc(-c3ccccc3)cn2c1C. The van der Waals surface area contributed by atoms with Crippen molar-refractivity contribution in [1.82, 2.24) is 9.38 Å². The summed E-state index contributed by atoms with van der Waals surface area (Å²) in [5.41, 5.74) is 6.20. The number of aromatic nitrogens is 2. The molecule has 0 amide bonds. The molecule has 0 aliphatic carbocycles. The zero-order chi connectivity index (χ0) is 15.8. The Morgan fingerprint density at radius 3 is 2.48 bits per heavy atom. The lowest BCUT2D eigenvalue weighted by Gasteiger charge is -2.06. The molecule has 2 aromatic heterocycles. The van der Waals surface area contributed by atoms with E-state index in [2.05, 4.69) is 73.0 Å². The number of hydrogen-bond donors (Lipinski definition) is 0. The molecule has 4 aromatic rings. The molecule has 0 saturated carbocycles. The van der Waals surface area contributed by atoms with Gasteiger partial charge in [0.1, 0.15) is 0 Å². The molecule has 3 heteroatoms. The highest BCUT2D eigenvalue weighted by molar-refractivity contribution is 7.20. The fourth-order valence-corrected chi connectivity index (χ4v) is 4.17. The molecule has 0 N–H and O–H groups in total. The average molecular weight is 318 g/mol. The fourth-order valence-electron chi connectivity index (χ4n) is 3.00. The van der Waals surface area contributed by atoms with E-state index in [1.807, 2.05) is 6.07 Å². The van der Waals surface area contributed by atoms with Gasteiger partial charge in [0.05, 0.1) is 10.6 Å². The second-order valence-electron chi connectivity index (χ2n) is 5.67. The monoisotopic (exact) mass is 318 g/mol. The third-order valence-electron chi connectivity index (χ3n) is 4.27. The van der Waals surface area contributed by atoms with Crippen molar-refractivity contribution < 1.29 is 0 Å². The van der Waals surface area contributed by atoms with E-state index >= 15 is 0 Å². The minimum atomic E-state index is 1.04. The summed E-state index contributed by atoms with van der Waals surface area (Å²) in [5.74, 6) is 0. The summed E-state index contributed by atoms with van der Waals surface area (Å²) in [7, 11) is 0. The van der Waals surface area contributed by atoms with E-state index < -0.39 is 0 Å². The van der Waals surface area contributed by atoms with Gasteiger partial charge in [-0.25, -0.2) is 4.98 Å². The number of thiazole rings is 1. The summed E-state index contributed by atoms with van der Waals surface area (Å²) >= 11 is 1.77. The van der Waals surface area contributed by atoms with Crippen LogP contribution in [0.4, 0.5) is 0 Å². The van der Waals surface area contributed by atoms with E-state index in [0.29, 0.717) is 0 Å². The van der Waals surface area contributed by atoms with Crippen molar-refractivity contribution in [3.8, 4) is 21.7 Å². The number of aryl methyl sites for hydroxylation is 2. The van der Waals surface area contributed by atoms with Gasteiger partial charge >= 0.3 is 0 Å². The van der Waals surface area contributed by atoms with Gasteiger partial charge in [-0.15, -0.1) is 0 Å². The topological polar surface area (TPSA) is 17.3 Å². The predicted octanol–water partition coefficient (Wildman–Crippen LogP) is 5.60. The molecule has 2 heterocycles. The maximum absolute atomic E-state index is 4.83. The van der Waals surface area contributed by atoms with Crippen LogP contribution in [0, 0.1) is 6.92 Å². The molecule has 4 rings (SSSR count). The van der Waals surface area contributed by atoms with Gasteiger partial charge in [0, 0.05) is 17.5 Å². The minimum Gasteiger partial charge on any atom is -0.294 e. The smallest absolute Gasteiger partial charge is 0.195 e. The highest BCUT2D eigenvalue weighted by Gasteiger charge is 2.15. The van der Waals surface area contributed by atoms with Crippen LogP contribution in [0.3, 0.4) is 0 Å². The second kappa shape index (κ2) is 5.67. The molecule has 0 atom stereocenters. The summed E-state index contributed by atoms with van der Waals surface area (Å²) in [5, 5.41) is 0. The first-order chi connectivity index (χ1) is 11.3. The summed E-state index contributed by atoms with van der Waals surface area (Å²) in [6, 6.07) is 19.0. The molecule has 2 aromatic carbocycles. The van der Waals surface area contributed by atoms with Crippen LogP contribution in [0.5, 0.6) is 0 Å². The molecule has 0 aliphatic heterocycles. The normalized spacial score (nSPS) is 11.2. The average Bonchev–Trinajstić information content (AvgIpc) is 3.15. The number of benzene rings is 2. The van der Waals surface area contributed by atoms with Gasteiger partial charge in [-0.05, 0) is 24.5 Å². The Labute approximate surface area is 140 Å². The van der Waals surface area contributed by atoms with Gasteiger partial charge < -0.3 is 0 Å². The molecule has 0 unspecified atom stereocenters. The summed E-state index contributed by atoms with van der Waals surface area (Å²) in [6.07, 6.45) is 3.19. The summed E-state index contributed by atoms with van der Waals surface area (Å²) in [6.45, 7) is 4.39. The molecule has 2 nitrogen and oxygen atoms in total. The van der Waals surface area contributed by atoms with Crippen molar-refractivity contribution in [3.63, 3.8) is 0 Å². The molecule has 23 heavy (non-hydrogen) atoms. The molecular formula is C20H18N2S. The molecule has 0 radical (unpaired) electrons. The Morgan fingerprint density at radius 1 is 1.00 bits per heavy atom. The first-order valence-electron chi connectivity index (χ1n) is 7.90. The Morgan fingerprint density at radius 2 is 1.74 bits per heavy atom. The van der Waals surface area contributed by atoms with Crippen LogP contribution in [0.15, 0.2) is 60.8 Å². The fraction of sp³-hybridized carbons (Fsp3) is 0.150. The third kappa shape index (κ3) is 2.37. The van der Waals surface area contributed by atoms with Gasteiger partial charge in [0.25, 0.3) is 0 Å². The molecule has 0 aliphatic rings. The van der Waals surface area contributed by atoms with Crippen LogP contribution in [0.2, 0.25) is 0 Å². The highest BCUT2D eigenvalue weighted by atomic mass is 32.1. The number of hydrogen-bond acceptors (Lipinski definition) is 2. The van der Waals surface area contributed by atoms with Gasteiger partial charge in [0.15, 0.2) is 4.96 Å². The summed E-state index contributed by atoms with van der Waals surface area (Å²) in [4.78, 5) is 7.21. The van der Waals surface area contributed by atoms with Gasteiger partial charge in [-0.2, -0.15) is 0 Å². The van der Waals surface area contributed by atoms with Crippen molar-refractivity contribution in [1.29, 1.82) is 0 Å². The first kappa shape index (κ1) is 14.2. The van der Waals surface area contributed by atoms with E-state index in [0.717, 1.165) is 17.1 Å². The predicted molar refractivity (Wildman–Crippen MR) is 98.1 cm³/mol. The minimum absolute atomic E-state index is 1.04. The van der Waals surface area contributed by atoms with Crippen molar-refractivity contribution >= 4 is 16.3 Å². The lowest BCUT2D eigenvalue weighted by molar-refractivity contribution is 1.12. The third-order valence-corrected chi connectivity index (χ3v) is 5.46.